The molecule has 10 heteroatoms. The van der Waals surface area contributed by atoms with Crippen molar-refractivity contribution in [1.82, 2.24) is 0 Å². The number of nitro groups is 1. The van der Waals surface area contributed by atoms with Gasteiger partial charge in [-0.15, -0.1) is 0 Å². The number of nitrogens with one attached hydrogen (secondary N) is 1. The maximum atomic E-state index is 11.8. The highest BCUT2D eigenvalue weighted by Gasteiger charge is 2.16. The fraction of sp³-hybridized carbons (Fsp3) is 0.0667. The molecule has 2 rings (SSSR count). The minimum absolute atomic E-state index is 0.154. The summed E-state index contributed by atoms with van der Waals surface area (Å²) in [7, 11) is 0. The molecule has 130 valence electrons. The lowest BCUT2D eigenvalue weighted by atomic mass is 10.2. The van der Waals surface area contributed by atoms with E-state index in [0.29, 0.717) is 0 Å². The average molecular weight is 411 g/mol. The largest absolute Gasteiger partial charge is 0.508 e. The summed E-state index contributed by atoms with van der Waals surface area (Å²) < 4.78 is 5.06. The van der Waals surface area contributed by atoms with Crippen molar-refractivity contribution in [2.45, 2.75) is 0 Å². The molecule has 0 heterocycles. The number of esters is 1. The van der Waals surface area contributed by atoms with Gasteiger partial charge in [-0.1, -0.05) is 0 Å². The first-order valence-corrected chi connectivity index (χ1v) is 7.50. The first-order chi connectivity index (χ1) is 11.8. The van der Waals surface area contributed by atoms with Gasteiger partial charge in [0.05, 0.1) is 10.6 Å². The fourth-order valence-corrected chi connectivity index (χ4v) is 2.27. The monoisotopic (exact) mass is 410 g/mol. The van der Waals surface area contributed by atoms with Crippen LogP contribution < -0.4 is 5.32 Å². The molecular formula is C15H11BrN2O7. The van der Waals surface area contributed by atoms with Gasteiger partial charge in [0.2, 0.25) is 0 Å². The van der Waals surface area contributed by atoms with E-state index < -0.39 is 29.2 Å². The Morgan fingerprint density at radius 2 is 1.92 bits per heavy atom. The van der Waals surface area contributed by atoms with Gasteiger partial charge in [-0.2, -0.15) is 0 Å². The van der Waals surface area contributed by atoms with Gasteiger partial charge in [0.1, 0.15) is 17.1 Å². The lowest BCUT2D eigenvalue weighted by Crippen LogP contribution is -2.21. The van der Waals surface area contributed by atoms with Crippen LogP contribution in [0.15, 0.2) is 40.9 Å². The van der Waals surface area contributed by atoms with Crippen molar-refractivity contribution < 1.29 is 29.5 Å². The van der Waals surface area contributed by atoms with Gasteiger partial charge in [-0.05, 0) is 34.1 Å². The number of hydrogen-bond acceptors (Lipinski definition) is 7. The topological polar surface area (TPSA) is 139 Å². The Balaban J connectivity index is 1.96. The number of halogens is 1. The van der Waals surface area contributed by atoms with Crippen molar-refractivity contribution in [3.63, 3.8) is 0 Å². The van der Waals surface area contributed by atoms with E-state index in [1.807, 2.05) is 0 Å². The molecule has 0 aliphatic carbocycles. The van der Waals surface area contributed by atoms with Crippen LogP contribution in [0, 0.1) is 10.1 Å². The molecule has 0 aliphatic rings. The molecule has 0 spiro atoms. The number of hydrogen-bond donors (Lipinski definition) is 3. The van der Waals surface area contributed by atoms with Gasteiger partial charge in [0.25, 0.3) is 11.6 Å². The molecule has 2 aromatic carbocycles. The van der Waals surface area contributed by atoms with Crippen LogP contribution in [-0.4, -0.2) is 33.6 Å². The van der Waals surface area contributed by atoms with Gasteiger partial charge in [0, 0.05) is 22.7 Å². The molecule has 25 heavy (non-hydrogen) atoms. The molecule has 1 amide bonds. The maximum Gasteiger partial charge on any atom is 0.342 e. The Morgan fingerprint density at radius 3 is 2.52 bits per heavy atom. The second kappa shape index (κ2) is 7.62. The predicted molar refractivity (Wildman–Crippen MR) is 89.5 cm³/mol. The van der Waals surface area contributed by atoms with Crippen LogP contribution in [0.1, 0.15) is 10.4 Å². The van der Waals surface area contributed by atoms with Gasteiger partial charge in [0.15, 0.2) is 6.61 Å². The van der Waals surface area contributed by atoms with Crippen molar-refractivity contribution >= 4 is 39.2 Å². The Kier molecular flexibility index (Phi) is 5.55. The van der Waals surface area contributed by atoms with Crippen LogP contribution in [0.3, 0.4) is 0 Å². The van der Waals surface area contributed by atoms with Crippen LogP contribution in [0.2, 0.25) is 0 Å². The summed E-state index contributed by atoms with van der Waals surface area (Å²) in [5, 5.41) is 31.8. The first kappa shape index (κ1) is 18.2. The minimum Gasteiger partial charge on any atom is -0.508 e. The van der Waals surface area contributed by atoms with E-state index in [9.17, 15) is 24.8 Å². The number of non-ortho nitro benzene ring substituents is 1. The van der Waals surface area contributed by atoms with Crippen molar-refractivity contribution in [2.75, 3.05) is 11.9 Å². The SMILES string of the molecule is O=C(COC(=O)c1ccc(O)cc1O)Nc1ccc([N+](=O)[O-])cc1Br. The molecule has 0 bridgehead atoms. The van der Waals surface area contributed by atoms with E-state index in [-0.39, 0.29) is 27.2 Å². The number of phenolic OH excluding ortho intramolecular Hbond substituents is 2. The van der Waals surface area contributed by atoms with E-state index in [1.54, 1.807) is 0 Å². The number of amides is 1. The molecule has 0 fully saturated rings. The molecule has 2 aromatic rings. The predicted octanol–water partition coefficient (Wildman–Crippen LogP) is 2.56. The second-order valence-electron chi connectivity index (χ2n) is 4.75. The molecule has 9 nitrogen and oxygen atoms in total. The number of carbonyl (C=O) groups excluding carboxylic acids is 2. The van der Waals surface area contributed by atoms with Crippen LogP contribution >= 0.6 is 15.9 Å². The number of aromatic hydroxyl groups is 2. The van der Waals surface area contributed by atoms with Crippen LogP contribution in [0.5, 0.6) is 11.5 Å². The summed E-state index contributed by atoms with van der Waals surface area (Å²) in [6, 6.07) is 7.05. The average Bonchev–Trinajstić information content (AvgIpc) is 2.54. The Labute approximate surface area is 149 Å². The number of nitro benzene ring substituents is 1. The highest BCUT2D eigenvalue weighted by Crippen LogP contribution is 2.27. The van der Waals surface area contributed by atoms with Gasteiger partial charge < -0.3 is 20.3 Å². The minimum atomic E-state index is -0.949. The number of phenols is 2. The zero-order valence-electron chi connectivity index (χ0n) is 12.4. The summed E-state index contributed by atoms with van der Waals surface area (Å²) in [6.45, 7) is -0.636. The third-order valence-corrected chi connectivity index (χ3v) is 3.63. The third kappa shape index (κ3) is 4.67. The smallest absolute Gasteiger partial charge is 0.342 e. The quantitative estimate of drug-likeness (QED) is 0.390. The zero-order chi connectivity index (χ0) is 18.6. The highest BCUT2D eigenvalue weighted by atomic mass is 79.9. The summed E-state index contributed by atoms with van der Waals surface area (Å²) in [5.74, 6) is -2.34. The summed E-state index contributed by atoms with van der Waals surface area (Å²) >= 11 is 3.09. The molecule has 0 saturated heterocycles. The van der Waals surface area contributed by atoms with E-state index in [1.165, 1.54) is 24.3 Å². The zero-order valence-corrected chi connectivity index (χ0v) is 14.0. The van der Waals surface area contributed by atoms with Crippen molar-refractivity contribution in [1.29, 1.82) is 0 Å². The molecule has 0 saturated carbocycles. The van der Waals surface area contributed by atoms with Crippen molar-refractivity contribution in [3.8, 4) is 11.5 Å². The van der Waals surface area contributed by atoms with Crippen molar-refractivity contribution in [3.05, 3.63) is 56.5 Å². The lowest BCUT2D eigenvalue weighted by Gasteiger charge is -2.09. The van der Waals surface area contributed by atoms with Gasteiger partial charge in [-0.25, -0.2) is 4.79 Å². The van der Waals surface area contributed by atoms with E-state index in [2.05, 4.69) is 21.2 Å². The normalized spacial score (nSPS) is 10.1. The Bertz CT molecular complexity index is 854. The Hall–Kier alpha value is -3.14. The molecule has 0 aromatic heterocycles. The van der Waals surface area contributed by atoms with Crippen LogP contribution in [0.4, 0.5) is 11.4 Å². The summed E-state index contributed by atoms with van der Waals surface area (Å²) in [5.41, 5.74) is -0.0969. The number of carbonyl (C=O) groups is 2. The molecule has 0 atom stereocenters. The van der Waals surface area contributed by atoms with Gasteiger partial charge in [-0.3, -0.25) is 14.9 Å². The second-order valence-corrected chi connectivity index (χ2v) is 5.60. The van der Waals surface area contributed by atoms with E-state index in [0.717, 1.165) is 12.1 Å². The number of rotatable bonds is 5. The molecule has 3 N–H and O–H groups in total. The van der Waals surface area contributed by atoms with Crippen molar-refractivity contribution in [2.24, 2.45) is 0 Å². The molecular weight excluding hydrogens is 400 g/mol. The fourth-order valence-electron chi connectivity index (χ4n) is 1.81. The first-order valence-electron chi connectivity index (χ1n) is 6.71. The van der Waals surface area contributed by atoms with Crippen LogP contribution in [-0.2, 0) is 9.53 Å². The number of ether oxygens (including phenoxy) is 1. The van der Waals surface area contributed by atoms with Gasteiger partial charge >= 0.3 is 5.97 Å². The molecule has 0 aliphatic heterocycles. The summed E-state index contributed by atoms with van der Waals surface area (Å²) in [6.07, 6.45) is 0. The molecule has 0 unspecified atom stereocenters. The van der Waals surface area contributed by atoms with E-state index >= 15 is 0 Å². The number of benzene rings is 2. The maximum absolute atomic E-state index is 11.8. The van der Waals surface area contributed by atoms with Crippen LogP contribution in [0.25, 0.3) is 0 Å². The third-order valence-electron chi connectivity index (χ3n) is 2.97. The Morgan fingerprint density at radius 1 is 1.20 bits per heavy atom. The standard InChI is InChI=1S/C15H11BrN2O7/c16-11-5-8(18(23)24)1-4-12(11)17-14(21)7-25-15(22)10-3-2-9(19)6-13(10)20/h1-6,19-20H,7H2,(H,17,21). The summed E-state index contributed by atoms with van der Waals surface area (Å²) in [4.78, 5) is 33.7. The number of nitrogens with zero attached hydrogens (tertiary/aromatic N) is 1. The molecule has 0 radical (unpaired) electrons. The van der Waals surface area contributed by atoms with E-state index in [4.69, 9.17) is 9.84 Å². The number of anilines is 1. The highest BCUT2D eigenvalue weighted by molar-refractivity contribution is 9.10. The lowest BCUT2D eigenvalue weighted by molar-refractivity contribution is -0.384.